The molecule has 0 unspecified atom stereocenters. The Morgan fingerprint density at radius 2 is 1.73 bits per heavy atom. The van der Waals surface area contributed by atoms with Gasteiger partial charge in [-0.2, -0.15) is 0 Å². The Hall–Kier alpha value is -4.59. The molecule has 188 valence electrons. The number of hydrogen-bond acceptors (Lipinski definition) is 7. The van der Waals surface area contributed by atoms with Crippen molar-refractivity contribution in [2.75, 3.05) is 26.6 Å². The van der Waals surface area contributed by atoms with Crippen LogP contribution in [0.4, 0.5) is 11.5 Å². The number of aryl methyl sites for hydroxylation is 1. The molecule has 0 bridgehead atoms. The second kappa shape index (κ2) is 10.2. The van der Waals surface area contributed by atoms with E-state index in [2.05, 4.69) is 15.3 Å². The SMILES string of the molecule is COc1ccc(CN2Cc3cc(Nc4ncnc(-c5ccc(C)cc5)c4OC)ccc3C2=O)c(OC)c1. The van der Waals surface area contributed by atoms with Crippen molar-refractivity contribution in [3.8, 4) is 28.5 Å². The van der Waals surface area contributed by atoms with Crippen molar-refractivity contribution in [3.63, 3.8) is 0 Å². The van der Waals surface area contributed by atoms with E-state index in [9.17, 15) is 4.79 Å². The number of rotatable bonds is 8. The van der Waals surface area contributed by atoms with Gasteiger partial charge < -0.3 is 24.4 Å². The summed E-state index contributed by atoms with van der Waals surface area (Å²) < 4.78 is 16.5. The lowest BCUT2D eigenvalue weighted by Crippen LogP contribution is -2.23. The summed E-state index contributed by atoms with van der Waals surface area (Å²) in [6.45, 7) is 2.97. The molecular weight excluding hydrogens is 468 g/mol. The van der Waals surface area contributed by atoms with Crippen LogP contribution in [0.2, 0.25) is 0 Å². The van der Waals surface area contributed by atoms with Gasteiger partial charge in [-0.3, -0.25) is 4.79 Å². The van der Waals surface area contributed by atoms with Crippen molar-refractivity contribution in [1.82, 2.24) is 14.9 Å². The maximum atomic E-state index is 13.1. The molecule has 8 heteroatoms. The monoisotopic (exact) mass is 496 g/mol. The van der Waals surface area contributed by atoms with Crippen LogP contribution in [0.1, 0.15) is 27.0 Å². The van der Waals surface area contributed by atoms with Gasteiger partial charge in [-0.1, -0.05) is 29.8 Å². The summed E-state index contributed by atoms with van der Waals surface area (Å²) in [5.74, 6) is 2.48. The first-order valence-corrected chi connectivity index (χ1v) is 11.9. The Bertz CT molecular complexity index is 1450. The van der Waals surface area contributed by atoms with Gasteiger partial charge >= 0.3 is 0 Å². The second-order valence-corrected chi connectivity index (χ2v) is 8.81. The number of amides is 1. The van der Waals surface area contributed by atoms with Crippen molar-refractivity contribution in [2.24, 2.45) is 0 Å². The molecule has 1 aliphatic heterocycles. The number of benzene rings is 3. The van der Waals surface area contributed by atoms with Crippen LogP contribution in [0, 0.1) is 6.92 Å². The topological polar surface area (TPSA) is 85.8 Å². The summed E-state index contributed by atoms with van der Waals surface area (Å²) in [7, 11) is 4.83. The molecule has 8 nitrogen and oxygen atoms in total. The highest BCUT2D eigenvalue weighted by Crippen LogP contribution is 2.36. The molecule has 0 atom stereocenters. The highest BCUT2D eigenvalue weighted by atomic mass is 16.5. The third kappa shape index (κ3) is 4.78. The van der Waals surface area contributed by atoms with Crippen LogP contribution in [0.5, 0.6) is 17.2 Å². The summed E-state index contributed by atoms with van der Waals surface area (Å²) in [4.78, 5) is 23.8. The molecule has 0 radical (unpaired) electrons. The normalized spacial score (nSPS) is 12.3. The number of carbonyl (C=O) groups is 1. The Labute approximate surface area is 215 Å². The van der Waals surface area contributed by atoms with Gasteiger partial charge in [-0.15, -0.1) is 0 Å². The van der Waals surface area contributed by atoms with Crippen molar-refractivity contribution in [3.05, 3.63) is 89.2 Å². The minimum atomic E-state index is -0.0132. The van der Waals surface area contributed by atoms with Gasteiger partial charge in [0.15, 0.2) is 11.6 Å². The number of ether oxygens (including phenoxy) is 3. The average Bonchev–Trinajstić information content (AvgIpc) is 3.23. The van der Waals surface area contributed by atoms with Crippen LogP contribution < -0.4 is 19.5 Å². The average molecular weight is 497 g/mol. The molecule has 1 aliphatic rings. The van der Waals surface area contributed by atoms with Crippen molar-refractivity contribution in [2.45, 2.75) is 20.0 Å². The van der Waals surface area contributed by atoms with Crippen molar-refractivity contribution in [1.29, 1.82) is 0 Å². The minimum absolute atomic E-state index is 0.0132. The van der Waals surface area contributed by atoms with E-state index in [1.54, 1.807) is 26.2 Å². The molecule has 0 spiro atoms. The highest BCUT2D eigenvalue weighted by molar-refractivity contribution is 5.99. The first-order chi connectivity index (χ1) is 18.0. The zero-order chi connectivity index (χ0) is 25.9. The predicted molar refractivity (Wildman–Crippen MR) is 142 cm³/mol. The summed E-state index contributed by atoms with van der Waals surface area (Å²) in [5, 5.41) is 3.35. The number of carbonyl (C=O) groups excluding carboxylic acids is 1. The second-order valence-electron chi connectivity index (χ2n) is 8.81. The molecule has 5 rings (SSSR count). The third-order valence-electron chi connectivity index (χ3n) is 6.44. The van der Waals surface area contributed by atoms with E-state index in [1.165, 1.54) is 11.9 Å². The smallest absolute Gasteiger partial charge is 0.254 e. The lowest BCUT2D eigenvalue weighted by molar-refractivity contribution is 0.0765. The predicted octanol–water partition coefficient (Wildman–Crippen LogP) is 5.38. The fourth-order valence-corrected chi connectivity index (χ4v) is 4.48. The Kier molecular flexibility index (Phi) is 6.64. The minimum Gasteiger partial charge on any atom is -0.497 e. The van der Waals surface area contributed by atoms with Gasteiger partial charge in [0.05, 0.1) is 21.3 Å². The molecule has 0 fully saturated rings. The Morgan fingerprint density at radius 3 is 2.46 bits per heavy atom. The summed E-state index contributed by atoms with van der Waals surface area (Å²) in [6.07, 6.45) is 1.51. The summed E-state index contributed by atoms with van der Waals surface area (Å²) in [6, 6.07) is 19.4. The molecule has 4 aromatic rings. The quantitative estimate of drug-likeness (QED) is 0.351. The molecular formula is C29H28N4O4. The first-order valence-electron chi connectivity index (χ1n) is 11.9. The van der Waals surface area contributed by atoms with Gasteiger partial charge in [0.2, 0.25) is 0 Å². The van der Waals surface area contributed by atoms with Gasteiger partial charge in [0.1, 0.15) is 23.5 Å². The van der Waals surface area contributed by atoms with Gasteiger partial charge in [-0.25, -0.2) is 9.97 Å². The number of hydrogen-bond donors (Lipinski definition) is 1. The number of nitrogens with zero attached hydrogens (tertiary/aromatic N) is 3. The molecule has 1 aromatic heterocycles. The van der Waals surface area contributed by atoms with Crippen molar-refractivity contribution >= 4 is 17.4 Å². The van der Waals surface area contributed by atoms with Crippen LogP contribution in [0.15, 0.2) is 67.0 Å². The molecule has 1 N–H and O–H groups in total. The van der Waals surface area contributed by atoms with E-state index in [-0.39, 0.29) is 5.91 Å². The third-order valence-corrected chi connectivity index (χ3v) is 6.44. The standard InChI is InChI=1S/C29H28N4O4/c1-18-5-7-19(8-6-18)26-27(37-4)28(31-17-30-26)32-22-10-12-24-21(13-22)16-33(29(24)34)15-20-9-11-23(35-2)14-25(20)36-3/h5-14,17H,15-16H2,1-4H3,(H,30,31,32). The molecule has 3 aromatic carbocycles. The molecule has 1 amide bonds. The number of fused-ring (bicyclic) bond motifs is 1. The number of aromatic nitrogens is 2. The Morgan fingerprint density at radius 1 is 0.919 bits per heavy atom. The lowest BCUT2D eigenvalue weighted by Gasteiger charge is -2.18. The van der Waals surface area contributed by atoms with Crippen molar-refractivity contribution < 1.29 is 19.0 Å². The summed E-state index contributed by atoms with van der Waals surface area (Å²) >= 11 is 0. The largest absolute Gasteiger partial charge is 0.497 e. The zero-order valence-corrected chi connectivity index (χ0v) is 21.2. The zero-order valence-electron chi connectivity index (χ0n) is 21.2. The number of anilines is 2. The molecule has 0 aliphatic carbocycles. The maximum absolute atomic E-state index is 13.1. The van der Waals surface area contributed by atoms with E-state index in [4.69, 9.17) is 14.2 Å². The van der Waals surface area contributed by atoms with Gasteiger partial charge in [0.25, 0.3) is 5.91 Å². The van der Waals surface area contributed by atoms with Crippen LogP contribution in [0.3, 0.4) is 0 Å². The summed E-state index contributed by atoms with van der Waals surface area (Å²) in [5.41, 5.74) is 6.16. The number of methoxy groups -OCH3 is 3. The van der Waals surface area contributed by atoms with E-state index in [0.717, 1.165) is 22.4 Å². The molecule has 0 saturated heterocycles. The first kappa shape index (κ1) is 24.1. The lowest BCUT2D eigenvalue weighted by atomic mass is 10.1. The van der Waals surface area contributed by atoms with E-state index >= 15 is 0 Å². The Balaban J connectivity index is 1.38. The van der Waals surface area contributed by atoms with Crippen LogP contribution in [-0.4, -0.2) is 42.1 Å². The van der Waals surface area contributed by atoms with E-state index < -0.39 is 0 Å². The fourth-order valence-electron chi connectivity index (χ4n) is 4.48. The van der Waals surface area contributed by atoms with Gasteiger partial charge in [-0.05, 0) is 42.8 Å². The maximum Gasteiger partial charge on any atom is 0.254 e. The molecule has 37 heavy (non-hydrogen) atoms. The van der Waals surface area contributed by atoms with E-state index in [0.29, 0.717) is 47.4 Å². The van der Waals surface area contributed by atoms with Crippen LogP contribution in [-0.2, 0) is 13.1 Å². The molecule has 0 saturated carbocycles. The fraction of sp³-hybridized carbons (Fsp3) is 0.207. The van der Waals surface area contributed by atoms with Gasteiger partial charge in [0, 0.05) is 41.5 Å². The number of nitrogens with one attached hydrogen (secondary N) is 1. The van der Waals surface area contributed by atoms with Crippen LogP contribution in [0.25, 0.3) is 11.3 Å². The van der Waals surface area contributed by atoms with E-state index in [1.807, 2.05) is 67.6 Å². The molecule has 2 heterocycles. The highest BCUT2D eigenvalue weighted by Gasteiger charge is 2.28. The van der Waals surface area contributed by atoms with Crippen LogP contribution >= 0.6 is 0 Å².